The van der Waals surface area contributed by atoms with Crippen molar-refractivity contribution in [2.45, 2.75) is 44.6 Å². The summed E-state index contributed by atoms with van der Waals surface area (Å²) in [4.78, 5) is 17.2. The van der Waals surface area contributed by atoms with Gasteiger partial charge in [-0.3, -0.25) is 9.69 Å². The Balaban J connectivity index is 1.45. The maximum absolute atomic E-state index is 12.5. The highest BCUT2D eigenvalue weighted by molar-refractivity contribution is 5.76. The number of nitrogens with zero attached hydrogens (tertiary/aromatic N) is 2. The van der Waals surface area contributed by atoms with Gasteiger partial charge in [0.15, 0.2) is 0 Å². The second-order valence-corrected chi connectivity index (χ2v) is 6.70. The molecule has 1 aliphatic heterocycles. The first-order valence-corrected chi connectivity index (χ1v) is 8.91. The number of hydrogen-bond donors (Lipinski definition) is 0. The molecule has 0 N–H and O–H groups in total. The van der Waals surface area contributed by atoms with Crippen molar-refractivity contribution in [1.29, 1.82) is 0 Å². The highest BCUT2D eigenvalue weighted by Gasteiger charge is 2.27. The summed E-state index contributed by atoms with van der Waals surface area (Å²) in [5, 5.41) is 0. The van der Waals surface area contributed by atoms with E-state index in [1.165, 1.54) is 24.8 Å². The molecule has 2 fully saturated rings. The van der Waals surface area contributed by atoms with Crippen LogP contribution in [0.2, 0.25) is 0 Å². The first kappa shape index (κ1) is 16.3. The maximum atomic E-state index is 12.5. The second-order valence-electron chi connectivity index (χ2n) is 6.70. The lowest BCUT2D eigenvalue weighted by Gasteiger charge is -2.36. The number of aryl methyl sites for hydroxylation is 1. The van der Waals surface area contributed by atoms with Gasteiger partial charge >= 0.3 is 0 Å². The third-order valence-electron chi connectivity index (χ3n) is 5.26. The largest absolute Gasteiger partial charge is 0.497 e. The van der Waals surface area contributed by atoms with Crippen molar-refractivity contribution >= 4 is 5.91 Å². The van der Waals surface area contributed by atoms with E-state index in [1.54, 1.807) is 7.11 Å². The molecule has 126 valence electrons. The number of hydrogen-bond acceptors (Lipinski definition) is 3. The van der Waals surface area contributed by atoms with Gasteiger partial charge in [-0.2, -0.15) is 0 Å². The molecule has 0 spiro atoms. The van der Waals surface area contributed by atoms with Gasteiger partial charge in [-0.25, -0.2) is 0 Å². The molecule has 23 heavy (non-hydrogen) atoms. The molecule has 1 saturated carbocycles. The Labute approximate surface area is 139 Å². The Bertz CT molecular complexity index is 511. The summed E-state index contributed by atoms with van der Waals surface area (Å²) in [5.41, 5.74) is 1.20. The number of amides is 1. The maximum Gasteiger partial charge on any atom is 0.222 e. The van der Waals surface area contributed by atoms with Gasteiger partial charge in [0.2, 0.25) is 5.91 Å². The molecule has 1 heterocycles. The van der Waals surface area contributed by atoms with E-state index in [4.69, 9.17) is 4.74 Å². The van der Waals surface area contributed by atoms with E-state index in [-0.39, 0.29) is 0 Å². The molecule has 1 amide bonds. The van der Waals surface area contributed by atoms with Crippen molar-refractivity contribution in [1.82, 2.24) is 9.80 Å². The predicted octanol–water partition coefficient (Wildman–Crippen LogP) is 2.71. The molecule has 1 aromatic carbocycles. The van der Waals surface area contributed by atoms with Gasteiger partial charge in [0.1, 0.15) is 5.75 Å². The lowest BCUT2D eigenvalue weighted by Crippen LogP contribution is -2.42. The Kier molecular flexibility index (Phi) is 5.55. The van der Waals surface area contributed by atoms with Crippen LogP contribution in [0, 0.1) is 0 Å². The average Bonchev–Trinajstić information content (AvgIpc) is 2.77. The minimum absolute atomic E-state index is 0.302. The molecule has 1 saturated heterocycles. The van der Waals surface area contributed by atoms with Crippen LogP contribution in [0.25, 0.3) is 0 Å². The van der Waals surface area contributed by atoms with Crippen LogP contribution in [0.3, 0.4) is 0 Å². The zero-order valence-corrected chi connectivity index (χ0v) is 14.2. The minimum Gasteiger partial charge on any atom is -0.497 e. The molecule has 4 heteroatoms. The molecule has 0 atom stereocenters. The molecule has 0 radical (unpaired) electrons. The lowest BCUT2D eigenvalue weighted by atomic mass is 9.91. The van der Waals surface area contributed by atoms with E-state index in [2.05, 4.69) is 9.80 Å². The van der Waals surface area contributed by atoms with Crippen molar-refractivity contribution in [3.63, 3.8) is 0 Å². The molecule has 2 aliphatic rings. The van der Waals surface area contributed by atoms with Crippen molar-refractivity contribution in [2.24, 2.45) is 0 Å². The molecule has 3 rings (SSSR count). The van der Waals surface area contributed by atoms with Gasteiger partial charge in [0, 0.05) is 38.6 Å². The quantitative estimate of drug-likeness (QED) is 0.837. The molecule has 0 aromatic heterocycles. The van der Waals surface area contributed by atoms with Gasteiger partial charge in [-0.15, -0.1) is 0 Å². The summed E-state index contributed by atoms with van der Waals surface area (Å²) < 4.78 is 5.17. The number of ether oxygens (including phenoxy) is 1. The minimum atomic E-state index is 0.302. The van der Waals surface area contributed by atoms with Crippen molar-refractivity contribution in [3.8, 4) is 5.75 Å². The topological polar surface area (TPSA) is 32.8 Å². The standard InChI is InChI=1S/C19H28N2O2/c1-23-18-9-6-16(7-10-18)8-11-19(22)21-13-3-12-20(14-15-21)17-4-2-5-17/h6-7,9-10,17H,2-5,8,11-15H2,1H3. The summed E-state index contributed by atoms with van der Waals surface area (Å²) >= 11 is 0. The Morgan fingerprint density at radius 3 is 2.52 bits per heavy atom. The fraction of sp³-hybridized carbons (Fsp3) is 0.632. The predicted molar refractivity (Wildman–Crippen MR) is 91.7 cm³/mol. The van der Waals surface area contributed by atoms with Gasteiger partial charge in [0.05, 0.1) is 7.11 Å². The van der Waals surface area contributed by atoms with Crippen LogP contribution >= 0.6 is 0 Å². The van der Waals surface area contributed by atoms with Crippen LogP contribution in [0.1, 0.15) is 37.7 Å². The second kappa shape index (κ2) is 7.82. The van der Waals surface area contributed by atoms with E-state index in [0.717, 1.165) is 50.8 Å². The first-order valence-electron chi connectivity index (χ1n) is 8.91. The van der Waals surface area contributed by atoms with E-state index < -0.39 is 0 Å². The van der Waals surface area contributed by atoms with E-state index >= 15 is 0 Å². The monoisotopic (exact) mass is 316 g/mol. The fourth-order valence-electron chi connectivity index (χ4n) is 3.51. The molecular formula is C19H28N2O2. The van der Waals surface area contributed by atoms with Gasteiger partial charge in [-0.1, -0.05) is 18.6 Å². The zero-order chi connectivity index (χ0) is 16.1. The average molecular weight is 316 g/mol. The van der Waals surface area contributed by atoms with E-state index in [9.17, 15) is 4.79 Å². The van der Waals surface area contributed by atoms with E-state index in [1.807, 2.05) is 24.3 Å². The zero-order valence-electron chi connectivity index (χ0n) is 14.2. The molecular weight excluding hydrogens is 288 g/mol. The van der Waals surface area contributed by atoms with Crippen molar-refractivity contribution < 1.29 is 9.53 Å². The van der Waals surface area contributed by atoms with Crippen LogP contribution < -0.4 is 4.74 Å². The van der Waals surface area contributed by atoms with Crippen molar-refractivity contribution in [3.05, 3.63) is 29.8 Å². The SMILES string of the molecule is COc1ccc(CCC(=O)N2CCCN(C3CCC3)CC2)cc1. The van der Waals surface area contributed by atoms with Gasteiger partial charge < -0.3 is 9.64 Å². The summed E-state index contributed by atoms with van der Waals surface area (Å²) in [6.07, 6.45) is 6.62. The van der Waals surface area contributed by atoms with Gasteiger partial charge in [-0.05, 0) is 43.4 Å². The molecule has 1 aromatic rings. The van der Waals surface area contributed by atoms with Crippen LogP contribution in [-0.2, 0) is 11.2 Å². The molecule has 0 unspecified atom stereocenters. The van der Waals surface area contributed by atoms with Crippen LogP contribution in [-0.4, -0.2) is 55.0 Å². The number of rotatable bonds is 5. The highest BCUT2D eigenvalue weighted by Crippen LogP contribution is 2.25. The summed E-state index contributed by atoms with van der Waals surface area (Å²) in [5.74, 6) is 1.17. The fourth-order valence-corrected chi connectivity index (χ4v) is 3.51. The molecule has 0 bridgehead atoms. The van der Waals surface area contributed by atoms with Crippen LogP contribution in [0.4, 0.5) is 0 Å². The van der Waals surface area contributed by atoms with Crippen LogP contribution in [0.15, 0.2) is 24.3 Å². The van der Waals surface area contributed by atoms with Crippen LogP contribution in [0.5, 0.6) is 5.75 Å². The Morgan fingerprint density at radius 1 is 1.09 bits per heavy atom. The number of carbonyl (C=O) groups excluding carboxylic acids is 1. The number of benzene rings is 1. The summed E-state index contributed by atoms with van der Waals surface area (Å²) in [6, 6.07) is 8.81. The Hall–Kier alpha value is -1.55. The third kappa shape index (κ3) is 4.25. The smallest absolute Gasteiger partial charge is 0.222 e. The lowest BCUT2D eigenvalue weighted by molar-refractivity contribution is -0.131. The number of carbonyl (C=O) groups is 1. The summed E-state index contributed by atoms with van der Waals surface area (Å²) in [6.45, 7) is 4.04. The molecule has 1 aliphatic carbocycles. The number of methoxy groups -OCH3 is 1. The normalized spacial score (nSPS) is 20.0. The first-order chi connectivity index (χ1) is 11.3. The summed E-state index contributed by atoms with van der Waals surface area (Å²) in [7, 11) is 1.67. The van der Waals surface area contributed by atoms with Crippen molar-refractivity contribution in [2.75, 3.05) is 33.3 Å². The third-order valence-corrected chi connectivity index (χ3v) is 5.26. The highest BCUT2D eigenvalue weighted by atomic mass is 16.5. The van der Waals surface area contributed by atoms with Gasteiger partial charge in [0.25, 0.3) is 0 Å². The Morgan fingerprint density at radius 2 is 1.87 bits per heavy atom. The van der Waals surface area contributed by atoms with E-state index in [0.29, 0.717) is 12.3 Å². The molecule has 4 nitrogen and oxygen atoms in total.